The van der Waals surface area contributed by atoms with Gasteiger partial charge in [0.1, 0.15) is 0 Å². The van der Waals surface area contributed by atoms with Crippen LogP contribution in [0.15, 0.2) is 36.4 Å². The highest BCUT2D eigenvalue weighted by atomic mass is 15.3. The van der Waals surface area contributed by atoms with Gasteiger partial charge in [-0.3, -0.25) is 0 Å². The summed E-state index contributed by atoms with van der Waals surface area (Å²) < 4.78 is 2.09. The van der Waals surface area contributed by atoms with Gasteiger partial charge in [-0.05, 0) is 50.1 Å². The third-order valence-corrected chi connectivity index (χ3v) is 3.57. The van der Waals surface area contributed by atoms with Crippen LogP contribution in [0.5, 0.6) is 0 Å². The van der Waals surface area contributed by atoms with E-state index in [0.717, 1.165) is 25.2 Å². The third kappa shape index (κ3) is 2.34. The van der Waals surface area contributed by atoms with Crippen molar-refractivity contribution in [2.45, 2.75) is 20.3 Å². The van der Waals surface area contributed by atoms with Gasteiger partial charge in [0.05, 0.1) is 17.1 Å². The van der Waals surface area contributed by atoms with Crippen molar-refractivity contribution in [3.8, 4) is 5.69 Å². The van der Waals surface area contributed by atoms with Crippen LogP contribution in [-0.4, -0.2) is 22.9 Å². The monoisotopic (exact) mass is 253 g/mol. The SMILES string of the molecule is Cc1cc(C2=CCNCC2)n(-c2ccccc2C)n1. The van der Waals surface area contributed by atoms with E-state index in [1.165, 1.54) is 22.5 Å². The molecule has 1 aromatic heterocycles. The van der Waals surface area contributed by atoms with E-state index in [9.17, 15) is 0 Å². The molecule has 3 nitrogen and oxygen atoms in total. The zero-order valence-electron chi connectivity index (χ0n) is 11.5. The molecule has 1 aromatic carbocycles. The molecular weight excluding hydrogens is 234 g/mol. The minimum absolute atomic E-state index is 0.952. The predicted octanol–water partition coefficient (Wildman–Crippen LogP) is 2.87. The van der Waals surface area contributed by atoms with Crippen LogP contribution in [0.4, 0.5) is 0 Å². The molecule has 0 aliphatic carbocycles. The summed E-state index contributed by atoms with van der Waals surface area (Å²) >= 11 is 0. The first-order chi connectivity index (χ1) is 9.25. The minimum atomic E-state index is 0.952. The van der Waals surface area contributed by atoms with Crippen LogP contribution in [0, 0.1) is 13.8 Å². The van der Waals surface area contributed by atoms with Crippen LogP contribution in [0.1, 0.15) is 23.4 Å². The Morgan fingerprint density at radius 3 is 2.79 bits per heavy atom. The number of benzene rings is 1. The molecule has 1 aliphatic heterocycles. The number of hydrogen-bond acceptors (Lipinski definition) is 2. The summed E-state index contributed by atoms with van der Waals surface area (Å²) in [7, 11) is 0. The Bertz CT molecular complexity index is 623. The van der Waals surface area contributed by atoms with E-state index < -0.39 is 0 Å². The first kappa shape index (κ1) is 12.2. The highest BCUT2D eigenvalue weighted by molar-refractivity contribution is 5.66. The molecule has 0 amide bonds. The Kier molecular flexibility index (Phi) is 3.22. The second-order valence-electron chi connectivity index (χ2n) is 5.05. The van der Waals surface area contributed by atoms with Crippen molar-refractivity contribution in [2.24, 2.45) is 0 Å². The highest BCUT2D eigenvalue weighted by Gasteiger charge is 2.14. The fourth-order valence-electron chi connectivity index (χ4n) is 2.57. The maximum Gasteiger partial charge on any atom is 0.0701 e. The van der Waals surface area contributed by atoms with Gasteiger partial charge < -0.3 is 5.32 Å². The lowest BCUT2D eigenvalue weighted by atomic mass is 10.1. The Morgan fingerprint density at radius 2 is 2.05 bits per heavy atom. The standard InChI is InChI=1S/C16H19N3/c1-12-5-3-4-6-15(12)19-16(11-13(2)18-19)14-7-9-17-10-8-14/h3-7,11,17H,8-10H2,1-2H3. The molecule has 1 N–H and O–H groups in total. The molecule has 2 heterocycles. The Labute approximate surface area is 114 Å². The summed E-state index contributed by atoms with van der Waals surface area (Å²) in [6.45, 7) is 6.18. The molecular formula is C16H19N3. The quantitative estimate of drug-likeness (QED) is 0.892. The van der Waals surface area contributed by atoms with Crippen molar-refractivity contribution < 1.29 is 0 Å². The van der Waals surface area contributed by atoms with Crippen molar-refractivity contribution in [3.05, 3.63) is 53.4 Å². The normalized spacial score (nSPS) is 15.4. The molecule has 19 heavy (non-hydrogen) atoms. The summed E-state index contributed by atoms with van der Waals surface area (Å²) in [6, 6.07) is 10.6. The third-order valence-electron chi connectivity index (χ3n) is 3.57. The van der Waals surface area contributed by atoms with E-state index in [0.29, 0.717) is 0 Å². The van der Waals surface area contributed by atoms with Crippen LogP contribution >= 0.6 is 0 Å². The molecule has 0 fully saturated rings. The number of aromatic nitrogens is 2. The molecule has 3 rings (SSSR count). The second-order valence-corrected chi connectivity index (χ2v) is 5.05. The van der Waals surface area contributed by atoms with E-state index in [1.807, 2.05) is 0 Å². The van der Waals surface area contributed by atoms with Gasteiger partial charge in [-0.25, -0.2) is 4.68 Å². The van der Waals surface area contributed by atoms with Crippen molar-refractivity contribution >= 4 is 5.57 Å². The van der Waals surface area contributed by atoms with Gasteiger partial charge in [0.2, 0.25) is 0 Å². The molecule has 0 saturated carbocycles. The topological polar surface area (TPSA) is 29.9 Å². The smallest absolute Gasteiger partial charge is 0.0701 e. The molecule has 0 atom stereocenters. The Morgan fingerprint density at radius 1 is 1.21 bits per heavy atom. The number of nitrogens with one attached hydrogen (secondary N) is 1. The fraction of sp³-hybridized carbons (Fsp3) is 0.312. The summed E-state index contributed by atoms with van der Waals surface area (Å²) in [5.74, 6) is 0. The molecule has 3 heteroatoms. The Hall–Kier alpha value is -1.87. The average molecular weight is 253 g/mol. The lowest BCUT2D eigenvalue weighted by Crippen LogP contribution is -2.21. The van der Waals surface area contributed by atoms with Crippen LogP contribution in [0.2, 0.25) is 0 Å². The fourth-order valence-corrected chi connectivity index (χ4v) is 2.57. The van der Waals surface area contributed by atoms with E-state index in [4.69, 9.17) is 0 Å². The molecule has 2 aromatic rings. The number of para-hydroxylation sites is 1. The molecule has 1 aliphatic rings. The van der Waals surface area contributed by atoms with Crippen LogP contribution in [0.25, 0.3) is 11.3 Å². The highest BCUT2D eigenvalue weighted by Crippen LogP contribution is 2.25. The van der Waals surface area contributed by atoms with Crippen molar-refractivity contribution in [2.75, 3.05) is 13.1 Å². The lowest BCUT2D eigenvalue weighted by molar-refractivity contribution is 0.730. The summed E-state index contributed by atoms with van der Waals surface area (Å²) in [4.78, 5) is 0. The van der Waals surface area contributed by atoms with Crippen molar-refractivity contribution in [1.82, 2.24) is 15.1 Å². The van der Waals surface area contributed by atoms with Crippen molar-refractivity contribution in [1.29, 1.82) is 0 Å². The van der Waals surface area contributed by atoms with E-state index >= 15 is 0 Å². The average Bonchev–Trinajstić information content (AvgIpc) is 2.82. The summed E-state index contributed by atoms with van der Waals surface area (Å²) in [5.41, 5.74) is 6.11. The second kappa shape index (κ2) is 5.02. The maximum absolute atomic E-state index is 4.67. The molecule has 98 valence electrons. The number of rotatable bonds is 2. The van der Waals surface area contributed by atoms with Gasteiger partial charge >= 0.3 is 0 Å². The van der Waals surface area contributed by atoms with Crippen molar-refractivity contribution in [3.63, 3.8) is 0 Å². The van der Waals surface area contributed by atoms with Gasteiger partial charge in [-0.15, -0.1) is 0 Å². The maximum atomic E-state index is 4.67. The Balaban J connectivity index is 2.12. The van der Waals surface area contributed by atoms with E-state index in [1.54, 1.807) is 0 Å². The first-order valence-electron chi connectivity index (χ1n) is 6.78. The van der Waals surface area contributed by atoms with E-state index in [2.05, 4.69) is 65.4 Å². The molecule has 0 spiro atoms. The molecule has 0 saturated heterocycles. The zero-order valence-corrected chi connectivity index (χ0v) is 11.5. The lowest BCUT2D eigenvalue weighted by Gasteiger charge is -2.16. The van der Waals surface area contributed by atoms with Crippen LogP contribution < -0.4 is 5.32 Å². The van der Waals surface area contributed by atoms with E-state index in [-0.39, 0.29) is 0 Å². The zero-order chi connectivity index (χ0) is 13.2. The number of aryl methyl sites for hydroxylation is 2. The first-order valence-corrected chi connectivity index (χ1v) is 6.78. The summed E-state index contributed by atoms with van der Waals surface area (Å²) in [6.07, 6.45) is 3.34. The van der Waals surface area contributed by atoms with Gasteiger partial charge in [0.15, 0.2) is 0 Å². The molecule has 0 bridgehead atoms. The molecule has 0 radical (unpaired) electrons. The number of nitrogens with zero attached hydrogens (tertiary/aromatic N) is 2. The van der Waals surface area contributed by atoms with Gasteiger partial charge in [-0.2, -0.15) is 5.10 Å². The summed E-state index contributed by atoms with van der Waals surface area (Å²) in [5, 5.41) is 8.03. The van der Waals surface area contributed by atoms with Gasteiger partial charge in [0.25, 0.3) is 0 Å². The van der Waals surface area contributed by atoms with Crippen LogP contribution in [0.3, 0.4) is 0 Å². The van der Waals surface area contributed by atoms with Gasteiger partial charge in [0, 0.05) is 6.54 Å². The largest absolute Gasteiger partial charge is 0.313 e. The minimum Gasteiger partial charge on any atom is -0.313 e. The predicted molar refractivity (Wildman–Crippen MR) is 78.5 cm³/mol. The number of hydrogen-bond donors (Lipinski definition) is 1. The van der Waals surface area contributed by atoms with Gasteiger partial charge in [-0.1, -0.05) is 24.3 Å². The molecule has 0 unspecified atom stereocenters. The van der Waals surface area contributed by atoms with Crippen LogP contribution in [-0.2, 0) is 0 Å².